The van der Waals surface area contributed by atoms with E-state index in [1.807, 2.05) is 38.5 Å². The van der Waals surface area contributed by atoms with Gasteiger partial charge < -0.3 is 9.88 Å². The fraction of sp³-hybridized carbons (Fsp3) is 0.429. The molecule has 0 saturated carbocycles. The van der Waals surface area contributed by atoms with Gasteiger partial charge in [-0.25, -0.2) is 4.98 Å². The highest BCUT2D eigenvalue weighted by molar-refractivity contribution is 5.74. The molecule has 1 heterocycles. The average Bonchev–Trinajstić information content (AvgIpc) is 2.82. The number of imidazole rings is 1. The van der Waals surface area contributed by atoms with Gasteiger partial charge in [0.2, 0.25) is 0 Å². The van der Waals surface area contributed by atoms with Gasteiger partial charge in [-0.2, -0.15) is 5.26 Å². The molecule has 4 nitrogen and oxygen atoms in total. The van der Waals surface area contributed by atoms with E-state index in [0.717, 1.165) is 30.4 Å². The van der Waals surface area contributed by atoms with E-state index in [2.05, 4.69) is 27.0 Å². The summed E-state index contributed by atoms with van der Waals surface area (Å²) in [6.07, 6.45) is 3.64. The third kappa shape index (κ3) is 2.52. The maximum absolute atomic E-state index is 9.08. The van der Waals surface area contributed by atoms with Gasteiger partial charge in [-0.3, -0.25) is 0 Å². The average molecular weight is 242 g/mol. The maximum atomic E-state index is 9.08. The molecule has 0 fully saturated rings. The molecule has 2 aromatic rings. The van der Waals surface area contributed by atoms with Gasteiger partial charge in [0.1, 0.15) is 5.54 Å². The Kier molecular flexibility index (Phi) is 3.63. The lowest BCUT2D eigenvalue weighted by molar-refractivity contribution is 0.425. The first-order valence-corrected chi connectivity index (χ1v) is 6.18. The van der Waals surface area contributed by atoms with Crippen LogP contribution in [0.5, 0.6) is 0 Å². The first-order valence-electron chi connectivity index (χ1n) is 6.18. The molecule has 0 aliphatic heterocycles. The Hall–Kier alpha value is -1.86. The minimum Gasteiger partial charge on any atom is -0.331 e. The van der Waals surface area contributed by atoms with Crippen LogP contribution in [0.4, 0.5) is 0 Å². The van der Waals surface area contributed by atoms with Crippen LogP contribution in [0, 0.1) is 11.3 Å². The number of aromatic nitrogens is 2. The van der Waals surface area contributed by atoms with Gasteiger partial charge in [0, 0.05) is 6.54 Å². The zero-order valence-corrected chi connectivity index (χ0v) is 10.8. The Bertz CT molecular complexity index is 566. The second-order valence-corrected chi connectivity index (χ2v) is 4.72. The minimum absolute atomic E-state index is 0.434. The molecule has 1 unspecified atom stereocenters. The zero-order chi connectivity index (χ0) is 13.0. The van der Waals surface area contributed by atoms with E-state index in [1.54, 1.807) is 0 Å². The molecule has 0 bridgehead atoms. The normalized spacial score (nSPS) is 14.3. The molecular formula is C14H18N4. The van der Waals surface area contributed by atoms with E-state index in [9.17, 15) is 0 Å². The fourth-order valence-electron chi connectivity index (χ4n) is 2.03. The molecule has 0 spiro atoms. The predicted molar refractivity (Wildman–Crippen MR) is 72.0 cm³/mol. The van der Waals surface area contributed by atoms with Gasteiger partial charge in [-0.05, 0) is 38.9 Å². The van der Waals surface area contributed by atoms with Gasteiger partial charge in [0.25, 0.3) is 0 Å². The lowest BCUT2D eigenvalue weighted by Crippen LogP contribution is -2.38. The third-order valence-electron chi connectivity index (χ3n) is 3.40. The maximum Gasteiger partial charge on any atom is 0.103 e. The molecule has 1 aromatic carbocycles. The van der Waals surface area contributed by atoms with Crippen molar-refractivity contribution in [1.29, 1.82) is 5.26 Å². The molecule has 4 heteroatoms. The number of fused-ring (bicyclic) bond motifs is 1. The first-order chi connectivity index (χ1) is 8.68. The quantitative estimate of drug-likeness (QED) is 0.875. The monoisotopic (exact) mass is 242 g/mol. The van der Waals surface area contributed by atoms with Crippen LogP contribution < -0.4 is 5.32 Å². The molecule has 1 aromatic heterocycles. The Labute approximate surface area is 107 Å². The number of rotatable bonds is 5. The number of hydrogen-bond acceptors (Lipinski definition) is 3. The Balaban J connectivity index is 2.01. The highest BCUT2D eigenvalue weighted by atomic mass is 15.0. The van der Waals surface area contributed by atoms with Crippen molar-refractivity contribution in [3.63, 3.8) is 0 Å². The molecule has 94 valence electrons. The molecular weight excluding hydrogens is 224 g/mol. The largest absolute Gasteiger partial charge is 0.331 e. The van der Waals surface area contributed by atoms with Crippen molar-refractivity contribution in [1.82, 2.24) is 14.9 Å². The summed E-state index contributed by atoms with van der Waals surface area (Å²) in [5.41, 5.74) is 1.74. The van der Waals surface area contributed by atoms with Crippen LogP contribution in [0.3, 0.4) is 0 Å². The lowest BCUT2D eigenvalue weighted by Gasteiger charge is -2.20. The second-order valence-electron chi connectivity index (χ2n) is 4.72. The van der Waals surface area contributed by atoms with Crippen LogP contribution in [-0.4, -0.2) is 22.1 Å². The molecule has 0 aliphatic carbocycles. The molecule has 1 N–H and O–H groups in total. The Morgan fingerprint density at radius 1 is 1.44 bits per heavy atom. The van der Waals surface area contributed by atoms with Crippen molar-refractivity contribution in [2.45, 2.75) is 31.8 Å². The summed E-state index contributed by atoms with van der Waals surface area (Å²) in [5, 5.41) is 12.1. The molecule has 0 radical (unpaired) electrons. The number of nitrogens with one attached hydrogen (secondary N) is 1. The van der Waals surface area contributed by atoms with Crippen molar-refractivity contribution >= 4 is 11.0 Å². The number of nitrogens with zero attached hydrogens (tertiary/aromatic N) is 3. The van der Waals surface area contributed by atoms with Crippen molar-refractivity contribution in [3.8, 4) is 6.07 Å². The molecule has 0 aliphatic rings. The number of nitriles is 1. The summed E-state index contributed by atoms with van der Waals surface area (Å²) < 4.78 is 2.14. The summed E-state index contributed by atoms with van der Waals surface area (Å²) in [7, 11) is 1.83. The number of aryl methyl sites for hydroxylation is 1. The SMILES string of the molecule is CNC(C)(C#N)CCCn1cnc2ccccc21. The van der Waals surface area contributed by atoms with Crippen LogP contribution in [0.25, 0.3) is 11.0 Å². The van der Waals surface area contributed by atoms with E-state index >= 15 is 0 Å². The van der Waals surface area contributed by atoms with Gasteiger partial charge in [0.15, 0.2) is 0 Å². The van der Waals surface area contributed by atoms with Crippen LogP contribution in [0.1, 0.15) is 19.8 Å². The number of para-hydroxylation sites is 2. The molecule has 2 rings (SSSR count). The third-order valence-corrected chi connectivity index (χ3v) is 3.40. The van der Waals surface area contributed by atoms with E-state index in [-0.39, 0.29) is 0 Å². The van der Waals surface area contributed by atoms with E-state index in [0.29, 0.717) is 0 Å². The summed E-state index contributed by atoms with van der Waals surface area (Å²) in [4.78, 5) is 4.36. The van der Waals surface area contributed by atoms with Gasteiger partial charge in [-0.1, -0.05) is 12.1 Å². The van der Waals surface area contributed by atoms with Crippen LogP contribution in [-0.2, 0) is 6.54 Å². The smallest absolute Gasteiger partial charge is 0.103 e. The number of benzene rings is 1. The highest BCUT2D eigenvalue weighted by Gasteiger charge is 2.20. The topological polar surface area (TPSA) is 53.6 Å². The highest BCUT2D eigenvalue weighted by Crippen LogP contribution is 2.15. The van der Waals surface area contributed by atoms with Gasteiger partial charge in [-0.15, -0.1) is 0 Å². The summed E-state index contributed by atoms with van der Waals surface area (Å²) in [6, 6.07) is 10.4. The zero-order valence-electron chi connectivity index (χ0n) is 10.8. The minimum atomic E-state index is -0.434. The predicted octanol–water partition coefficient (Wildman–Crippen LogP) is 2.32. The number of hydrogen-bond donors (Lipinski definition) is 1. The first kappa shape index (κ1) is 12.6. The van der Waals surface area contributed by atoms with Gasteiger partial charge >= 0.3 is 0 Å². The van der Waals surface area contributed by atoms with Crippen molar-refractivity contribution < 1.29 is 0 Å². The van der Waals surface area contributed by atoms with Crippen molar-refractivity contribution in [3.05, 3.63) is 30.6 Å². The second kappa shape index (κ2) is 5.19. The standard InChI is InChI=1S/C14H18N4/c1-14(10-15,16-2)8-5-9-18-11-17-12-6-3-4-7-13(12)18/h3-4,6-7,11,16H,5,8-9H2,1-2H3. The van der Waals surface area contributed by atoms with Crippen LogP contribution >= 0.6 is 0 Å². The molecule has 18 heavy (non-hydrogen) atoms. The fourth-order valence-corrected chi connectivity index (χ4v) is 2.03. The molecule has 1 atom stereocenters. The van der Waals surface area contributed by atoms with Crippen LogP contribution in [0.15, 0.2) is 30.6 Å². The van der Waals surface area contributed by atoms with Crippen molar-refractivity contribution in [2.24, 2.45) is 0 Å². The molecule has 0 saturated heterocycles. The Morgan fingerprint density at radius 2 is 2.22 bits per heavy atom. The van der Waals surface area contributed by atoms with Crippen molar-refractivity contribution in [2.75, 3.05) is 7.05 Å². The summed E-state index contributed by atoms with van der Waals surface area (Å²) >= 11 is 0. The lowest BCUT2D eigenvalue weighted by atomic mass is 9.98. The van der Waals surface area contributed by atoms with E-state index in [1.165, 1.54) is 0 Å². The van der Waals surface area contributed by atoms with E-state index < -0.39 is 5.54 Å². The summed E-state index contributed by atoms with van der Waals surface area (Å²) in [6.45, 7) is 2.82. The van der Waals surface area contributed by atoms with Gasteiger partial charge in [0.05, 0.1) is 23.4 Å². The van der Waals surface area contributed by atoms with E-state index in [4.69, 9.17) is 5.26 Å². The molecule has 0 amide bonds. The Morgan fingerprint density at radius 3 is 2.94 bits per heavy atom. The van der Waals surface area contributed by atoms with Crippen LogP contribution in [0.2, 0.25) is 0 Å². The summed E-state index contributed by atoms with van der Waals surface area (Å²) in [5.74, 6) is 0.